The third-order valence-electron chi connectivity index (χ3n) is 3.82. The Hall–Kier alpha value is -2.66. The summed E-state index contributed by atoms with van der Waals surface area (Å²) in [6.45, 7) is 2.68. The van der Waals surface area contributed by atoms with Crippen LogP contribution in [0.3, 0.4) is 0 Å². The fourth-order valence-corrected chi connectivity index (χ4v) is 2.48. The minimum atomic E-state index is -0.739. The van der Waals surface area contributed by atoms with Crippen molar-refractivity contribution in [1.82, 2.24) is 5.32 Å². The molecule has 2 N–H and O–H groups in total. The maximum atomic E-state index is 12.6. The molecule has 1 atom stereocenters. The third kappa shape index (κ3) is 5.16. The van der Waals surface area contributed by atoms with Gasteiger partial charge in [0.2, 0.25) is 0 Å². The van der Waals surface area contributed by atoms with E-state index in [9.17, 15) is 9.59 Å². The van der Waals surface area contributed by atoms with E-state index in [-0.39, 0.29) is 11.8 Å². The molecule has 2 rings (SSSR count). The molecule has 0 heterocycles. The van der Waals surface area contributed by atoms with Gasteiger partial charge in [0.05, 0.1) is 11.3 Å². The molecular weight excluding hydrogens is 316 g/mol. The van der Waals surface area contributed by atoms with Crippen LogP contribution in [0.25, 0.3) is 0 Å². The van der Waals surface area contributed by atoms with Crippen LogP contribution in [-0.2, 0) is 9.53 Å². The first-order valence-corrected chi connectivity index (χ1v) is 8.43. The lowest BCUT2D eigenvalue weighted by Gasteiger charge is -2.17. The van der Waals surface area contributed by atoms with Gasteiger partial charge in [-0.15, -0.1) is 0 Å². The quantitative estimate of drug-likeness (QED) is 0.722. The van der Waals surface area contributed by atoms with Crippen LogP contribution in [0.2, 0.25) is 0 Å². The number of methoxy groups -OCH3 is 1. The molecule has 0 radical (unpaired) electrons. The zero-order valence-corrected chi connectivity index (χ0v) is 14.6. The number of unbranched alkanes of at least 4 members (excludes halogenated alkanes) is 1. The SMILES string of the molecule is CCCCNC(=O)c1ccccc1NC(=O)[C@@H](OC)c1ccccc1. The summed E-state index contributed by atoms with van der Waals surface area (Å²) >= 11 is 0. The Morgan fingerprint density at radius 2 is 1.72 bits per heavy atom. The molecule has 0 bridgehead atoms. The zero-order chi connectivity index (χ0) is 18.1. The lowest BCUT2D eigenvalue weighted by Crippen LogP contribution is -2.27. The molecule has 132 valence electrons. The molecule has 0 spiro atoms. The van der Waals surface area contributed by atoms with Crippen molar-refractivity contribution >= 4 is 17.5 Å². The average Bonchev–Trinajstić information content (AvgIpc) is 2.64. The van der Waals surface area contributed by atoms with Gasteiger partial charge in [0, 0.05) is 13.7 Å². The molecular formula is C20H24N2O3. The first-order valence-electron chi connectivity index (χ1n) is 8.43. The molecule has 0 aromatic heterocycles. The van der Waals surface area contributed by atoms with Crippen LogP contribution in [0.5, 0.6) is 0 Å². The highest BCUT2D eigenvalue weighted by Crippen LogP contribution is 2.21. The van der Waals surface area contributed by atoms with Gasteiger partial charge in [0.25, 0.3) is 11.8 Å². The van der Waals surface area contributed by atoms with Gasteiger partial charge in [-0.3, -0.25) is 9.59 Å². The lowest BCUT2D eigenvalue weighted by molar-refractivity contribution is -0.126. The van der Waals surface area contributed by atoms with Crippen molar-refractivity contribution in [2.24, 2.45) is 0 Å². The second-order valence-corrected chi connectivity index (χ2v) is 5.67. The van der Waals surface area contributed by atoms with Gasteiger partial charge in [-0.1, -0.05) is 55.8 Å². The van der Waals surface area contributed by atoms with E-state index in [1.807, 2.05) is 30.3 Å². The van der Waals surface area contributed by atoms with Crippen LogP contribution in [0.15, 0.2) is 54.6 Å². The molecule has 2 amide bonds. The van der Waals surface area contributed by atoms with Crippen LogP contribution in [0.4, 0.5) is 5.69 Å². The molecule has 25 heavy (non-hydrogen) atoms. The second kappa shape index (κ2) is 9.59. The van der Waals surface area contributed by atoms with Gasteiger partial charge in [-0.05, 0) is 24.1 Å². The topological polar surface area (TPSA) is 67.4 Å². The van der Waals surface area contributed by atoms with E-state index >= 15 is 0 Å². The van der Waals surface area contributed by atoms with E-state index in [1.54, 1.807) is 24.3 Å². The Balaban J connectivity index is 2.14. The van der Waals surface area contributed by atoms with Crippen molar-refractivity contribution in [3.63, 3.8) is 0 Å². The Labute approximate surface area is 148 Å². The van der Waals surface area contributed by atoms with Crippen molar-refractivity contribution in [3.8, 4) is 0 Å². The monoisotopic (exact) mass is 340 g/mol. The Morgan fingerprint density at radius 1 is 1.04 bits per heavy atom. The number of carbonyl (C=O) groups excluding carboxylic acids is 2. The van der Waals surface area contributed by atoms with Gasteiger partial charge in [0.1, 0.15) is 0 Å². The third-order valence-corrected chi connectivity index (χ3v) is 3.82. The van der Waals surface area contributed by atoms with Crippen molar-refractivity contribution in [1.29, 1.82) is 0 Å². The molecule has 5 nitrogen and oxygen atoms in total. The normalized spacial score (nSPS) is 11.6. The van der Waals surface area contributed by atoms with Crippen LogP contribution < -0.4 is 10.6 Å². The summed E-state index contributed by atoms with van der Waals surface area (Å²) in [7, 11) is 1.49. The maximum Gasteiger partial charge on any atom is 0.258 e. The summed E-state index contributed by atoms with van der Waals surface area (Å²) in [6.07, 6.45) is 1.18. The summed E-state index contributed by atoms with van der Waals surface area (Å²) in [5, 5.41) is 5.67. The average molecular weight is 340 g/mol. The summed E-state index contributed by atoms with van der Waals surface area (Å²) < 4.78 is 5.34. The van der Waals surface area contributed by atoms with Gasteiger partial charge in [0.15, 0.2) is 6.10 Å². The van der Waals surface area contributed by atoms with E-state index in [0.29, 0.717) is 17.8 Å². The number of amides is 2. The number of hydrogen-bond acceptors (Lipinski definition) is 3. The fraction of sp³-hybridized carbons (Fsp3) is 0.300. The van der Waals surface area contributed by atoms with Crippen LogP contribution in [-0.4, -0.2) is 25.5 Å². The zero-order valence-electron chi connectivity index (χ0n) is 14.6. The highest BCUT2D eigenvalue weighted by atomic mass is 16.5. The van der Waals surface area contributed by atoms with Crippen LogP contribution in [0, 0.1) is 0 Å². The van der Waals surface area contributed by atoms with Gasteiger partial charge in [-0.2, -0.15) is 0 Å². The highest BCUT2D eigenvalue weighted by Gasteiger charge is 2.21. The first-order chi connectivity index (χ1) is 12.2. The minimum Gasteiger partial charge on any atom is -0.367 e. The molecule has 0 saturated heterocycles. The number of para-hydroxylation sites is 1. The number of carbonyl (C=O) groups is 2. The minimum absolute atomic E-state index is 0.196. The number of nitrogens with one attached hydrogen (secondary N) is 2. The summed E-state index contributed by atoms with van der Waals surface area (Å²) in [5.41, 5.74) is 1.67. The molecule has 0 unspecified atom stereocenters. The summed E-state index contributed by atoms with van der Waals surface area (Å²) in [6, 6.07) is 16.2. The Morgan fingerprint density at radius 3 is 2.40 bits per heavy atom. The molecule has 0 aliphatic heterocycles. The number of anilines is 1. The molecule has 0 aliphatic rings. The number of rotatable bonds is 8. The number of hydrogen-bond donors (Lipinski definition) is 2. The van der Waals surface area contributed by atoms with E-state index in [4.69, 9.17) is 4.74 Å². The first kappa shape index (κ1) is 18.7. The summed E-state index contributed by atoms with van der Waals surface area (Å²) in [5.74, 6) is -0.513. The van der Waals surface area contributed by atoms with Gasteiger partial charge < -0.3 is 15.4 Å². The van der Waals surface area contributed by atoms with Crippen LogP contribution >= 0.6 is 0 Å². The number of benzene rings is 2. The standard InChI is InChI=1S/C20H24N2O3/c1-3-4-14-21-19(23)16-12-8-9-13-17(16)22-20(24)18(25-2)15-10-6-5-7-11-15/h5-13,18H,3-4,14H2,1-2H3,(H,21,23)(H,22,24)/t18-/m0/s1. The van der Waals surface area contributed by atoms with E-state index in [2.05, 4.69) is 17.6 Å². The Bertz CT molecular complexity index is 701. The van der Waals surface area contributed by atoms with E-state index in [1.165, 1.54) is 7.11 Å². The second-order valence-electron chi connectivity index (χ2n) is 5.67. The molecule has 5 heteroatoms. The molecule has 0 aliphatic carbocycles. The van der Waals surface area contributed by atoms with Crippen molar-refractivity contribution < 1.29 is 14.3 Å². The number of ether oxygens (including phenoxy) is 1. The van der Waals surface area contributed by atoms with E-state index < -0.39 is 6.10 Å². The highest BCUT2D eigenvalue weighted by molar-refractivity contribution is 6.04. The maximum absolute atomic E-state index is 12.6. The summed E-state index contributed by atoms with van der Waals surface area (Å²) in [4.78, 5) is 24.9. The molecule has 2 aromatic carbocycles. The predicted molar refractivity (Wildman–Crippen MR) is 98.5 cm³/mol. The fourth-order valence-electron chi connectivity index (χ4n) is 2.48. The van der Waals surface area contributed by atoms with E-state index in [0.717, 1.165) is 18.4 Å². The van der Waals surface area contributed by atoms with Crippen molar-refractivity contribution in [2.45, 2.75) is 25.9 Å². The van der Waals surface area contributed by atoms with Crippen LogP contribution in [0.1, 0.15) is 41.8 Å². The van der Waals surface area contributed by atoms with Gasteiger partial charge in [-0.25, -0.2) is 0 Å². The van der Waals surface area contributed by atoms with Gasteiger partial charge >= 0.3 is 0 Å². The molecule has 0 saturated carbocycles. The van der Waals surface area contributed by atoms with Crippen molar-refractivity contribution in [3.05, 3.63) is 65.7 Å². The molecule has 0 fully saturated rings. The Kier molecular flexibility index (Phi) is 7.16. The predicted octanol–water partition coefficient (Wildman–Crippen LogP) is 3.54. The molecule has 2 aromatic rings. The lowest BCUT2D eigenvalue weighted by atomic mass is 10.1. The largest absolute Gasteiger partial charge is 0.367 e. The van der Waals surface area contributed by atoms with Crippen molar-refractivity contribution in [2.75, 3.05) is 19.0 Å². The smallest absolute Gasteiger partial charge is 0.258 e.